The Balaban J connectivity index is 3.14. The van der Waals surface area contributed by atoms with Crippen LogP contribution < -0.4 is 5.73 Å². The van der Waals surface area contributed by atoms with E-state index in [0.717, 1.165) is 6.42 Å². The van der Waals surface area contributed by atoms with E-state index in [1.807, 2.05) is 13.8 Å². The zero-order chi connectivity index (χ0) is 5.86. The van der Waals surface area contributed by atoms with Gasteiger partial charge in [-0.15, -0.1) is 11.6 Å². The molecule has 0 fully saturated rings. The maximum absolute atomic E-state index is 5.68. The van der Waals surface area contributed by atoms with Crippen LogP contribution in [0.25, 0.3) is 0 Å². The van der Waals surface area contributed by atoms with Gasteiger partial charge >= 0.3 is 0 Å². The molecule has 0 aliphatic carbocycles. The first-order chi connectivity index (χ1) is 3.18. The Bertz CT molecular complexity index is 45.3. The molecule has 0 aliphatic rings. The second kappa shape index (κ2) is 3.28. The van der Waals surface area contributed by atoms with Gasteiger partial charge in [-0.25, -0.2) is 0 Å². The molecular formula is C5H12ClN. The molecule has 0 aromatic heterocycles. The molecule has 0 spiro atoms. The number of hydrogen-bond donors (Lipinski definition) is 1. The Labute approximate surface area is 49.8 Å². The van der Waals surface area contributed by atoms with E-state index in [2.05, 4.69) is 0 Å². The number of hydrogen-bond acceptors (Lipinski definition) is 1. The third kappa shape index (κ3) is 2.89. The van der Waals surface area contributed by atoms with Gasteiger partial charge in [0.2, 0.25) is 0 Å². The minimum absolute atomic E-state index is 0.131. The molecule has 44 valence electrons. The summed E-state index contributed by atoms with van der Waals surface area (Å²) in [6.07, 6.45) is 0.958. The fourth-order valence-electron chi connectivity index (χ4n) is 0.372. The van der Waals surface area contributed by atoms with Crippen molar-refractivity contribution in [2.75, 3.05) is 0 Å². The maximum atomic E-state index is 5.68. The molecule has 0 rings (SSSR count). The van der Waals surface area contributed by atoms with Crippen molar-refractivity contribution in [3.63, 3.8) is 0 Å². The van der Waals surface area contributed by atoms with Crippen LogP contribution in [0, 0.1) is 0 Å². The Morgan fingerprint density at radius 1 is 1.71 bits per heavy atom. The van der Waals surface area contributed by atoms with Crippen LogP contribution in [0.4, 0.5) is 0 Å². The largest absolute Gasteiger partial charge is 0.327 e. The van der Waals surface area contributed by atoms with Gasteiger partial charge < -0.3 is 5.73 Å². The molecule has 1 nitrogen and oxygen atoms in total. The van der Waals surface area contributed by atoms with Gasteiger partial charge in [0.25, 0.3) is 0 Å². The molecule has 7 heavy (non-hydrogen) atoms. The monoisotopic (exact) mass is 121 g/mol. The maximum Gasteiger partial charge on any atom is 0.0481 e. The van der Waals surface area contributed by atoms with Crippen molar-refractivity contribution in [1.82, 2.24) is 0 Å². The van der Waals surface area contributed by atoms with Crippen molar-refractivity contribution in [2.45, 2.75) is 31.7 Å². The highest BCUT2D eigenvalue weighted by Crippen LogP contribution is 2.02. The van der Waals surface area contributed by atoms with E-state index in [4.69, 9.17) is 17.3 Å². The van der Waals surface area contributed by atoms with Gasteiger partial charge in [0.05, 0.1) is 0 Å². The van der Waals surface area contributed by atoms with Crippen LogP contribution in [0.1, 0.15) is 20.3 Å². The minimum Gasteiger partial charge on any atom is -0.327 e. The van der Waals surface area contributed by atoms with Gasteiger partial charge in [0.15, 0.2) is 0 Å². The summed E-state index contributed by atoms with van der Waals surface area (Å²) < 4.78 is 0. The van der Waals surface area contributed by atoms with E-state index in [1.54, 1.807) is 0 Å². The summed E-state index contributed by atoms with van der Waals surface area (Å²) in [5, 5.41) is 0.153. The van der Waals surface area contributed by atoms with E-state index in [-0.39, 0.29) is 11.4 Å². The molecule has 0 heterocycles. The molecule has 0 radical (unpaired) electrons. The molecular weight excluding hydrogens is 110 g/mol. The quantitative estimate of drug-likeness (QED) is 0.549. The lowest BCUT2D eigenvalue weighted by molar-refractivity contribution is 0.662. The van der Waals surface area contributed by atoms with Gasteiger partial charge in [-0.1, -0.05) is 6.92 Å². The fraction of sp³-hybridized carbons (Fsp3) is 1.00. The van der Waals surface area contributed by atoms with E-state index < -0.39 is 0 Å². The molecule has 0 saturated heterocycles. The molecule has 0 bridgehead atoms. The molecule has 2 heteroatoms. The summed E-state index contributed by atoms with van der Waals surface area (Å²) in [4.78, 5) is 0. The first kappa shape index (κ1) is 7.25. The van der Waals surface area contributed by atoms with Crippen molar-refractivity contribution in [2.24, 2.45) is 5.73 Å². The molecule has 2 atom stereocenters. The molecule has 2 N–H and O–H groups in total. The SMILES string of the molecule is CCC(Cl)C(C)N. The van der Waals surface area contributed by atoms with Gasteiger partial charge in [0.1, 0.15) is 0 Å². The molecule has 2 unspecified atom stereocenters. The normalized spacial score (nSPS) is 18.9. The van der Waals surface area contributed by atoms with Crippen LogP contribution in [0.3, 0.4) is 0 Å². The Morgan fingerprint density at radius 2 is 2.14 bits per heavy atom. The van der Waals surface area contributed by atoms with Crippen LogP contribution in [-0.2, 0) is 0 Å². The van der Waals surface area contributed by atoms with E-state index >= 15 is 0 Å². The molecule has 0 aromatic carbocycles. The molecule has 0 aliphatic heterocycles. The highest BCUT2D eigenvalue weighted by Gasteiger charge is 2.04. The first-order valence-electron chi connectivity index (χ1n) is 2.58. The van der Waals surface area contributed by atoms with Gasteiger partial charge in [-0.3, -0.25) is 0 Å². The number of alkyl halides is 1. The van der Waals surface area contributed by atoms with Crippen molar-refractivity contribution in [3.8, 4) is 0 Å². The standard InChI is InChI=1S/C5H12ClN/c1-3-5(6)4(2)7/h4-5H,3,7H2,1-2H3. The lowest BCUT2D eigenvalue weighted by atomic mass is 10.2. The number of rotatable bonds is 2. The Morgan fingerprint density at radius 3 is 2.14 bits per heavy atom. The van der Waals surface area contributed by atoms with Crippen molar-refractivity contribution >= 4 is 11.6 Å². The Kier molecular flexibility index (Phi) is 3.39. The van der Waals surface area contributed by atoms with Gasteiger partial charge in [-0.2, -0.15) is 0 Å². The third-order valence-electron chi connectivity index (χ3n) is 0.961. The van der Waals surface area contributed by atoms with Gasteiger partial charge in [0, 0.05) is 11.4 Å². The van der Waals surface area contributed by atoms with Crippen LogP contribution >= 0.6 is 11.6 Å². The zero-order valence-electron chi connectivity index (χ0n) is 4.82. The predicted molar refractivity (Wildman–Crippen MR) is 33.6 cm³/mol. The molecule has 0 saturated carbocycles. The van der Waals surface area contributed by atoms with Crippen LogP contribution in [0.15, 0.2) is 0 Å². The van der Waals surface area contributed by atoms with Gasteiger partial charge in [-0.05, 0) is 13.3 Å². The summed E-state index contributed by atoms with van der Waals surface area (Å²) in [6, 6.07) is 0.131. The van der Waals surface area contributed by atoms with Crippen LogP contribution in [-0.4, -0.2) is 11.4 Å². The zero-order valence-corrected chi connectivity index (χ0v) is 5.57. The van der Waals surface area contributed by atoms with Crippen molar-refractivity contribution in [3.05, 3.63) is 0 Å². The molecule has 0 aromatic rings. The lowest BCUT2D eigenvalue weighted by Crippen LogP contribution is -2.26. The summed E-state index contributed by atoms with van der Waals surface area (Å²) in [5.74, 6) is 0. The number of halogens is 1. The summed E-state index contributed by atoms with van der Waals surface area (Å²) >= 11 is 5.68. The minimum atomic E-state index is 0.131. The average molecular weight is 122 g/mol. The lowest BCUT2D eigenvalue weighted by Gasteiger charge is -2.08. The van der Waals surface area contributed by atoms with Crippen LogP contribution in [0.5, 0.6) is 0 Å². The Hall–Kier alpha value is 0.250. The van der Waals surface area contributed by atoms with E-state index in [0.29, 0.717) is 0 Å². The smallest absolute Gasteiger partial charge is 0.0481 e. The fourth-order valence-corrected chi connectivity index (χ4v) is 0.372. The van der Waals surface area contributed by atoms with Crippen molar-refractivity contribution < 1.29 is 0 Å². The topological polar surface area (TPSA) is 26.0 Å². The second-order valence-electron chi connectivity index (χ2n) is 1.78. The summed E-state index contributed by atoms with van der Waals surface area (Å²) in [6.45, 7) is 3.95. The third-order valence-corrected chi connectivity index (χ3v) is 1.67. The predicted octanol–water partition coefficient (Wildman–Crippen LogP) is 1.35. The van der Waals surface area contributed by atoms with Crippen LogP contribution in [0.2, 0.25) is 0 Å². The molecule has 0 amide bonds. The van der Waals surface area contributed by atoms with E-state index in [1.165, 1.54) is 0 Å². The highest BCUT2D eigenvalue weighted by molar-refractivity contribution is 6.21. The van der Waals surface area contributed by atoms with Crippen molar-refractivity contribution in [1.29, 1.82) is 0 Å². The summed E-state index contributed by atoms with van der Waals surface area (Å²) in [7, 11) is 0. The first-order valence-corrected chi connectivity index (χ1v) is 3.01. The average Bonchev–Trinajstić information content (AvgIpc) is 1.65. The highest BCUT2D eigenvalue weighted by atomic mass is 35.5. The number of nitrogens with two attached hydrogens (primary N) is 1. The van der Waals surface area contributed by atoms with E-state index in [9.17, 15) is 0 Å². The second-order valence-corrected chi connectivity index (χ2v) is 2.34. The summed E-state index contributed by atoms with van der Waals surface area (Å²) in [5.41, 5.74) is 5.41.